The number of ketones is 2. The Morgan fingerprint density at radius 3 is 2.34 bits per heavy atom. The summed E-state index contributed by atoms with van der Waals surface area (Å²) in [6, 6.07) is 0. The van der Waals surface area contributed by atoms with Gasteiger partial charge < -0.3 is 14.5 Å². The highest BCUT2D eigenvalue weighted by Gasteiger charge is 2.37. The third-order valence-electron chi connectivity index (χ3n) is 5.87. The van der Waals surface area contributed by atoms with Gasteiger partial charge in [-0.15, -0.1) is 0 Å². The Hall–Kier alpha value is -2.20. The van der Waals surface area contributed by atoms with E-state index in [0.717, 1.165) is 31.1 Å². The number of piperidine rings is 1. The molecule has 0 unspecified atom stereocenters. The quantitative estimate of drug-likeness (QED) is 0.652. The largest absolute Gasteiger partial charge is 0.378 e. The second-order valence-electron chi connectivity index (χ2n) is 7.82. The fourth-order valence-electron chi connectivity index (χ4n) is 4.21. The first-order valence-corrected chi connectivity index (χ1v) is 12.1. The van der Waals surface area contributed by atoms with Crippen LogP contribution >= 0.6 is 34.5 Å². The van der Waals surface area contributed by atoms with Crippen LogP contribution in [0.3, 0.4) is 0 Å². The van der Waals surface area contributed by atoms with Crippen LogP contribution in [0.5, 0.6) is 0 Å². The number of carbonyl (C=O) groups is 2. The molecule has 1 N–H and O–H groups in total. The van der Waals surface area contributed by atoms with Gasteiger partial charge in [-0.2, -0.15) is 5.10 Å². The van der Waals surface area contributed by atoms with Crippen LogP contribution in [0.4, 0.5) is 10.9 Å². The summed E-state index contributed by atoms with van der Waals surface area (Å²) in [5.74, 6) is -0.343. The van der Waals surface area contributed by atoms with Crippen molar-refractivity contribution in [1.29, 1.82) is 0 Å². The molecule has 3 aliphatic rings. The summed E-state index contributed by atoms with van der Waals surface area (Å²) in [4.78, 5) is 35.8. The van der Waals surface area contributed by atoms with Gasteiger partial charge in [-0.3, -0.25) is 14.7 Å². The van der Waals surface area contributed by atoms with Crippen molar-refractivity contribution in [3.63, 3.8) is 0 Å². The first-order chi connectivity index (χ1) is 15.6. The number of halogens is 2. The number of ether oxygens (including phenoxy) is 1. The fraction of sp³-hybridized carbons (Fsp3) is 0.429. The maximum atomic E-state index is 13.3. The average molecular weight is 494 g/mol. The highest BCUT2D eigenvalue weighted by Crippen LogP contribution is 2.43. The van der Waals surface area contributed by atoms with Crippen molar-refractivity contribution >= 4 is 68.2 Å². The molecule has 0 spiro atoms. The molecule has 0 amide bonds. The number of nitrogens with one attached hydrogen (secondary N) is 1. The topological polar surface area (TPSA) is 91.4 Å². The zero-order valence-electron chi connectivity index (χ0n) is 17.2. The molecule has 8 nitrogen and oxygen atoms in total. The molecular weight excluding hydrogens is 473 g/mol. The van der Waals surface area contributed by atoms with E-state index in [0.29, 0.717) is 42.6 Å². The van der Waals surface area contributed by atoms with Gasteiger partial charge in [0.1, 0.15) is 15.9 Å². The minimum Gasteiger partial charge on any atom is -0.378 e. The Balaban J connectivity index is 1.48. The molecular formula is C21H21Cl2N5O3S. The predicted molar refractivity (Wildman–Crippen MR) is 125 cm³/mol. The lowest BCUT2D eigenvalue weighted by atomic mass is 9.92. The number of anilines is 2. The molecule has 1 aliphatic carbocycles. The molecule has 2 aromatic rings. The van der Waals surface area contributed by atoms with E-state index in [-0.39, 0.29) is 21.2 Å². The number of allylic oxidation sites excluding steroid dienone is 4. The fourth-order valence-corrected chi connectivity index (χ4v) is 5.84. The van der Waals surface area contributed by atoms with Crippen LogP contribution in [0.2, 0.25) is 0 Å². The van der Waals surface area contributed by atoms with E-state index in [2.05, 4.69) is 20.1 Å². The Bertz CT molecular complexity index is 1130. The number of hydrogen-bond donors (Lipinski definition) is 1. The number of thiazole rings is 1. The van der Waals surface area contributed by atoms with E-state index < -0.39 is 11.6 Å². The molecule has 32 heavy (non-hydrogen) atoms. The van der Waals surface area contributed by atoms with E-state index in [1.54, 1.807) is 6.20 Å². The number of carbonyl (C=O) groups excluding carboxylic acids is 2. The zero-order chi connectivity index (χ0) is 22.2. The lowest BCUT2D eigenvalue weighted by Crippen LogP contribution is -2.37. The van der Waals surface area contributed by atoms with Gasteiger partial charge >= 0.3 is 0 Å². The van der Waals surface area contributed by atoms with Gasteiger partial charge in [0.15, 0.2) is 5.13 Å². The molecule has 0 radical (unpaired) electrons. The van der Waals surface area contributed by atoms with Crippen LogP contribution in [-0.4, -0.2) is 66.1 Å². The van der Waals surface area contributed by atoms with Gasteiger partial charge in [-0.05, 0) is 19.3 Å². The average Bonchev–Trinajstić information content (AvgIpc) is 3.50. The van der Waals surface area contributed by atoms with Crippen LogP contribution in [0.15, 0.2) is 22.5 Å². The third kappa shape index (κ3) is 3.77. The molecule has 2 fully saturated rings. The molecule has 11 heteroatoms. The van der Waals surface area contributed by atoms with Crippen LogP contribution in [0, 0.1) is 0 Å². The highest BCUT2D eigenvalue weighted by molar-refractivity contribution is 7.17. The third-order valence-corrected chi connectivity index (χ3v) is 7.67. The van der Waals surface area contributed by atoms with Crippen molar-refractivity contribution in [3.05, 3.63) is 32.9 Å². The molecule has 4 heterocycles. The predicted octanol–water partition coefficient (Wildman–Crippen LogP) is 3.44. The summed E-state index contributed by atoms with van der Waals surface area (Å²) in [7, 11) is 0. The number of aromatic nitrogens is 3. The summed E-state index contributed by atoms with van der Waals surface area (Å²) in [5, 5.41) is 7.54. The van der Waals surface area contributed by atoms with Crippen molar-refractivity contribution in [1.82, 2.24) is 15.2 Å². The van der Waals surface area contributed by atoms with Crippen LogP contribution < -0.4 is 9.80 Å². The molecule has 2 aliphatic heterocycles. The van der Waals surface area contributed by atoms with Crippen LogP contribution in [0.25, 0.3) is 11.1 Å². The van der Waals surface area contributed by atoms with Gasteiger partial charge in [0.05, 0.1) is 35.4 Å². The van der Waals surface area contributed by atoms with E-state index >= 15 is 0 Å². The summed E-state index contributed by atoms with van der Waals surface area (Å²) in [6.07, 6.45) is 6.55. The van der Waals surface area contributed by atoms with E-state index in [1.165, 1.54) is 24.0 Å². The maximum Gasteiger partial charge on any atom is 0.208 e. The Morgan fingerprint density at radius 2 is 1.59 bits per heavy atom. The summed E-state index contributed by atoms with van der Waals surface area (Å²) < 4.78 is 5.40. The zero-order valence-corrected chi connectivity index (χ0v) is 19.5. The van der Waals surface area contributed by atoms with Gasteiger partial charge in [0.2, 0.25) is 11.6 Å². The number of aromatic amines is 1. The molecule has 0 bridgehead atoms. The smallest absolute Gasteiger partial charge is 0.208 e. The molecule has 0 atom stereocenters. The Labute approximate surface area is 198 Å². The molecule has 5 rings (SSSR count). The minimum absolute atomic E-state index is 0.0708. The number of rotatable bonds is 4. The SMILES string of the molecule is O=C1C(Cl)=C(c2cn[nH]c2N2CCOCC2)C(=O)C(Cl)=C1c1cnc(N2CCCCC2)s1. The molecule has 168 valence electrons. The van der Waals surface area contributed by atoms with Crippen molar-refractivity contribution in [3.8, 4) is 0 Å². The molecule has 2 saturated heterocycles. The lowest BCUT2D eigenvalue weighted by molar-refractivity contribution is -0.113. The van der Waals surface area contributed by atoms with E-state index in [9.17, 15) is 9.59 Å². The maximum absolute atomic E-state index is 13.3. The number of hydrogen-bond acceptors (Lipinski definition) is 8. The summed E-state index contributed by atoms with van der Waals surface area (Å²) >= 11 is 14.4. The molecule has 2 aromatic heterocycles. The van der Waals surface area contributed by atoms with Crippen molar-refractivity contribution in [2.75, 3.05) is 49.2 Å². The lowest BCUT2D eigenvalue weighted by Gasteiger charge is -2.28. The highest BCUT2D eigenvalue weighted by atomic mass is 35.5. The number of nitrogens with zero attached hydrogens (tertiary/aromatic N) is 4. The van der Waals surface area contributed by atoms with Gasteiger partial charge in [-0.1, -0.05) is 34.5 Å². The van der Waals surface area contributed by atoms with Gasteiger partial charge in [0, 0.05) is 37.9 Å². The normalized spacial score (nSPS) is 20.6. The van der Waals surface area contributed by atoms with Gasteiger partial charge in [-0.25, -0.2) is 4.98 Å². The first kappa shape index (κ1) is 21.6. The summed E-state index contributed by atoms with van der Waals surface area (Å²) in [5.41, 5.74) is 0.648. The molecule has 0 aromatic carbocycles. The number of H-pyrrole nitrogens is 1. The standard InChI is InChI=1S/C21H21Cl2N5O3S/c22-16-14(12-10-25-26-20(12)27-6-8-31-9-7-27)18(29)17(23)15(19(16)30)13-11-24-21(32-13)28-4-2-1-3-5-28/h10-11H,1-9H2,(H,25,26). The van der Waals surface area contributed by atoms with Crippen LogP contribution in [-0.2, 0) is 14.3 Å². The van der Waals surface area contributed by atoms with Crippen molar-refractivity contribution in [2.45, 2.75) is 19.3 Å². The van der Waals surface area contributed by atoms with E-state index in [1.807, 2.05) is 4.90 Å². The Morgan fingerprint density at radius 1 is 0.906 bits per heavy atom. The minimum atomic E-state index is -0.491. The van der Waals surface area contributed by atoms with Crippen molar-refractivity contribution in [2.24, 2.45) is 0 Å². The first-order valence-electron chi connectivity index (χ1n) is 10.5. The second-order valence-corrected chi connectivity index (χ2v) is 9.59. The van der Waals surface area contributed by atoms with Gasteiger partial charge in [0.25, 0.3) is 0 Å². The number of Topliss-reactive ketones (excluding diaryl/α,β-unsaturated/α-hetero) is 2. The van der Waals surface area contributed by atoms with Crippen LogP contribution in [0.1, 0.15) is 29.7 Å². The Kier molecular flexibility index (Phi) is 6.07. The van der Waals surface area contributed by atoms with E-state index in [4.69, 9.17) is 27.9 Å². The van der Waals surface area contributed by atoms with Crippen molar-refractivity contribution < 1.29 is 14.3 Å². The number of morpholine rings is 1. The monoisotopic (exact) mass is 493 g/mol. The second kappa shape index (κ2) is 8.97. The summed E-state index contributed by atoms with van der Waals surface area (Å²) in [6.45, 7) is 4.26. The molecule has 0 saturated carbocycles.